The monoisotopic (exact) mass is 242 g/mol. The van der Waals surface area contributed by atoms with Crippen molar-refractivity contribution in [2.24, 2.45) is 0 Å². The van der Waals surface area contributed by atoms with Crippen molar-refractivity contribution in [1.82, 2.24) is 19.9 Å². The lowest BCUT2D eigenvalue weighted by Crippen LogP contribution is -1.82. The van der Waals surface area contributed by atoms with Crippen molar-refractivity contribution < 1.29 is 0 Å². The second-order valence-corrected chi connectivity index (χ2v) is 3.77. The molecule has 2 rings (SSSR count). The van der Waals surface area contributed by atoms with E-state index >= 15 is 0 Å². The van der Waals surface area contributed by atoms with Crippen molar-refractivity contribution in [3.05, 3.63) is 59.4 Å². The lowest BCUT2D eigenvalue weighted by molar-refractivity contribution is 1.13. The first-order valence-corrected chi connectivity index (χ1v) is 5.92. The van der Waals surface area contributed by atoms with Crippen molar-refractivity contribution in [3.8, 4) is 0 Å². The minimum atomic E-state index is 0.698. The number of hydrogen-bond acceptors (Lipinski definition) is 5. The average Bonchev–Trinajstić information content (AvgIpc) is 2.41. The van der Waals surface area contributed by atoms with Crippen LogP contribution in [0.3, 0.4) is 0 Å². The van der Waals surface area contributed by atoms with Crippen LogP contribution in [0.2, 0.25) is 0 Å². The Bertz CT molecular complexity index is 449. The fourth-order valence-corrected chi connectivity index (χ4v) is 1.53. The first-order valence-electron chi connectivity index (χ1n) is 4.98. The van der Waals surface area contributed by atoms with Gasteiger partial charge in [-0.1, -0.05) is 0 Å². The zero-order chi connectivity index (χ0) is 11.8. The number of nitrogens with zero attached hydrogens (tertiary/aromatic N) is 4. The van der Waals surface area contributed by atoms with Gasteiger partial charge in [-0.2, -0.15) is 0 Å². The Hall–Kier alpha value is -2.01. The molecule has 5 heteroatoms. The summed E-state index contributed by atoms with van der Waals surface area (Å²) in [7, 11) is 0. The Labute approximate surface area is 104 Å². The minimum absolute atomic E-state index is 0.698. The van der Waals surface area contributed by atoms with Gasteiger partial charge in [0.15, 0.2) is 11.6 Å². The maximum absolute atomic E-state index is 4.07. The molecule has 2 heterocycles. The second kappa shape index (κ2) is 6.55. The molecule has 0 aliphatic carbocycles. The van der Waals surface area contributed by atoms with Gasteiger partial charge in [-0.25, -0.2) is 19.9 Å². The van der Waals surface area contributed by atoms with Gasteiger partial charge in [-0.15, -0.1) is 11.8 Å². The van der Waals surface area contributed by atoms with Crippen LogP contribution in [0.5, 0.6) is 0 Å². The third-order valence-corrected chi connectivity index (χ3v) is 2.35. The van der Waals surface area contributed by atoms with E-state index in [9.17, 15) is 0 Å². The number of thioether (sulfide) groups is 1. The van der Waals surface area contributed by atoms with E-state index in [0.29, 0.717) is 11.6 Å². The maximum Gasteiger partial charge on any atom is 0.152 e. The molecule has 2 aromatic rings. The molecule has 0 aliphatic heterocycles. The number of hydrogen-bond donors (Lipinski definition) is 0. The molecule has 0 spiro atoms. The average molecular weight is 242 g/mol. The molecule has 0 N–H and O–H groups in total. The van der Waals surface area contributed by atoms with E-state index in [2.05, 4.69) is 19.9 Å². The lowest BCUT2D eigenvalue weighted by Gasteiger charge is -1.89. The predicted molar refractivity (Wildman–Crippen MR) is 69.7 cm³/mol. The van der Waals surface area contributed by atoms with Gasteiger partial charge in [0.2, 0.25) is 0 Å². The molecule has 84 valence electrons. The molecule has 0 unspecified atom stereocenters. The van der Waals surface area contributed by atoms with E-state index < -0.39 is 0 Å². The van der Waals surface area contributed by atoms with Crippen LogP contribution in [-0.4, -0.2) is 19.9 Å². The normalized spacial score (nSPS) is 11.3. The molecule has 0 saturated carbocycles. The van der Waals surface area contributed by atoms with E-state index in [1.807, 2.05) is 23.0 Å². The molecule has 0 radical (unpaired) electrons. The molecule has 0 aliphatic rings. The van der Waals surface area contributed by atoms with Gasteiger partial charge in [-0.3, -0.25) is 0 Å². The summed E-state index contributed by atoms with van der Waals surface area (Å²) in [5.74, 6) is 1.40. The van der Waals surface area contributed by atoms with E-state index in [1.54, 1.807) is 36.9 Å². The van der Waals surface area contributed by atoms with Crippen LogP contribution < -0.4 is 0 Å². The third kappa shape index (κ3) is 4.16. The predicted octanol–water partition coefficient (Wildman–Crippen LogP) is 2.64. The van der Waals surface area contributed by atoms with Crippen molar-refractivity contribution in [2.75, 3.05) is 0 Å². The van der Waals surface area contributed by atoms with Crippen LogP contribution in [0.4, 0.5) is 0 Å². The molecule has 0 aromatic carbocycles. The molecule has 4 nitrogen and oxygen atoms in total. The van der Waals surface area contributed by atoms with Crippen LogP contribution in [-0.2, 0) is 0 Å². The first-order chi connectivity index (χ1) is 8.45. The smallest absolute Gasteiger partial charge is 0.152 e. The fraction of sp³-hybridized carbons (Fsp3) is 0. The van der Waals surface area contributed by atoms with E-state index in [0.717, 1.165) is 0 Å². The van der Waals surface area contributed by atoms with Gasteiger partial charge in [-0.05, 0) is 35.1 Å². The number of rotatable bonds is 4. The highest BCUT2D eigenvalue weighted by Gasteiger charge is 1.86. The molecule has 0 bridgehead atoms. The molecular formula is C12H10N4S. The van der Waals surface area contributed by atoms with E-state index in [1.165, 1.54) is 11.8 Å². The summed E-state index contributed by atoms with van der Waals surface area (Å²) in [6.45, 7) is 0. The van der Waals surface area contributed by atoms with Crippen LogP contribution in [0.15, 0.2) is 47.7 Å². The molecule has 2 aromatic heterocycles. The summed E-state index contributed by atoms with van der Waals surface area (Å²) in [5.41, 5.74) is 0. The molecule has 0 saturated heterocycles. The van der Waals surface area contributed by atoms with E-state index in [4.69, 9.17) is 0 Å². The topological polar surface area (TPSA) is 51.6 Å². The minimum Gasteiger partial charge on any atom is -0.237 e. The van der Waals surface area contributed by atoms with Crippen molar-refractivity contribution >= 4 is 23.9 Å². The van der Waals surface area contributed by atoms with Crippen LogP contribution >= 0.6 is 11.8 Å². The van der Waals surface area contributed by atoms with Gasteiger partial charge >= 0.3 is 0 Å². The largest absolute Gasteiger partial charge is 0.237 e. The van der Waals surface area contributed by atoms with Crippen LogP contribution in [0.1, 0.15) is 11.6 Å². The fourth-order valence-electron chi connectivity index (χ4n) is 1.04. The summed E-state index contributed by atoms with van der Waals surface area (Å²) in [4.78, 5) is 16.3. The summed E-state index contributed by atoms with van der Waals surface area (Å²) in [5, 5.41) is 3.82. The molecule has 0 fully saturated rings. The molecule has 0 amide bonds. The van der Waals surface area contributed by atoms with Gasteiger partial charge in [0, 0.05) is 24.8 Å². The Balaban J connectivity index is 1.84. The quantitative estimate of drug-likeness (QED) is 0.825. The highest BCUT2D eigenvalue weighted by molar-refractivity contribution is 8.05. The highest BCUT2D eigenvalue weighted by atomic mass is 32.2. The molecular weight excluding hydrogens is 232 g/mol. The summed E-state index contributed by atoms with van der Waals surface area (Å²) in [6.07, 6.45) is 10.5. The summed E-state index contributed by atoms with van der Waals surface area (Å²) >= 11 is 1.52. The Morgan fingerprint density at radius 3 is 1.53 bits per heavy atom. The van der Waals surface area contributed by atoms with Crippen molar-refractivity contribution in [3.63, 3.8) is 0 Å². The van der Waals surface area contributed by atoms with Gasteiger partial charge in [0.25, 0.3) is 0 Å². The first kappa shape index (κ1) is 11.5. The number of aromatic nitrogens is 4. The van der Waals surface area contributed by atoms with Crippen LogP contribution in [0.25, 0.3) is 12.2 Å². The lowest BCUT2D eigenvalue weighted by atomic mass is 10.5. The van der Waals surface area contributed by atoms with Gasteiger partial charge in [0.1, 0.15) is 0 Å². The van der Waals surface area contributed by atoms with E-state index in [-0.39, 0.29) is 0 Å². The third-order valence-electron chi connectivity index (χ3n) is 1.76. The highest BCUT2D eigenvalue weighted by Crippen LogP contribution is 2.08. The second-order valence-electron chi connectivity index (χ2n) is 2.96. The zero-order valence-corrected chi connectivity index (χ0v) is 9.79. The molecule has 17 heavy (non-hydrogen) atoms. The van der Waals surface area contributed by atoms with Crippen molar-refractivity contribution in [2.45, 2.75) is 0 Å². The zero-order valence-electron chi connectivity index (χ0n) is 8.97. The SMILES string of the molecule is C(=Cc1ncccn1)SC=Cc1ncccn1. The van der Waals surface area contributed by atoms with Crippen molar-refractivity contribution in [1.29, 1.82) is 0 Å². The van der Waals surface area contributed by atoms with Crippen LogP contribution in [0, 0.1) is 0 Å². The van der Waals surface area contributed by atoms with Gasteiger partial charge < -0.3 is 0 Å². The Kier molecular flexibility index (Phi) is 4.42. The van der Waals surface area contributed by atoms with Gasteiger partial charge in [0.05, 0.1) is 0 Å². The Morgan fingerprint density at radius 1 is 0.706 bits per heavy atom. The maximum atomic E-state index is 4.07. The Morgan fingerprint density at radius 2 is 1.12 bits per heavy atom. The molecule has 0 atom stereocenters. The standard InChI is InChI=1S/C12H10N4S/c1-5-13-11(14-6-1)3-9-17-10-4-12-15-7-2-8-16-12/h1-10H. The summed E-state index contributed by atoms with van der Waals surface area (Å²) < 4.78 is 0. The summed E-state index contributed by atoms with van der Waals surface area (Å²) in [6, 6.07) is 3.58.